The van der Waals surface area contributed by atoms with E-state index in [1.165, 1.54) is 0 Å². The molecule has 0 unspecified atom stereocenters. The van der Waals surface area contributed by atoms with Crippen LogP contribution < -0.4 is 5.32 Å². The van der Waals surface area contributed by atoms with Crippen LogP contribution in [0.5, 0.6) is 0 Å². The van der Waals surface area contributed by atoms with Crippen molar-refractivity contribution in [3.05, 3.63) is 54.8 Å². The predicted molar refractivity (Wildman–Crippen MR) is 80.2 cm³/mol. The molecule has 4 aromatic rings. The summed E-state index contributed by atoms with van der Waals surface area (Å²) in [4.78, 5) is 4.60. The molecule has 0 amide bonds. The van der Waals surface area contributed by atoms with E-state index in [2.05, 4.69) is 16.4 Å². The van der Waals surface area contributed by atoms with Crippen LogP contribution in [0.2, 0.25) is 0 Å². The van der Waals surface area contributed by atoms with E-state index in [1.54, 1.807) is 6.26 Å². The number of benzene rings is 2. The molecule has 98 valence electrons. The number of aromatic nitrogens is 2. The Morgan fingerprint density at radius 2 is 1.85 bits per heavy atom. The number of hydrogen-bond donors (Lipinski definition) is 1. The van der Waals surface area contributed by atoms with Gasteiger partial charge in [0.2, 0.25) is 5.95 Å². The smallest absolute Gasteiger partial charge is 0.208 e. The van der Waals surface area contributed by atoms with E-state index in [0.29, 0.717) is 0 Å². The molecule has 0 bridgehead atoms. The van der Waals surface area contributed by atoms with Gasteiger partial charge in [-0.2, -0.15) is 0 Å². The average Bonchev–Trinajstić information content (AvgIpc) is 3.03. The highest BCUT2D eigenvalue weighted by molar-refractivity contribution is 5.92. The van der Waals surface area contributed by atoms with Gasteiger partial charge in [0, 0.05) is 12.4 Å². The molecule has 2 heterocycles. The molecule has 0 fully saturated rings. The maximum Gasteiger partial charge on any atom is 0.208 e. The van der Waals surface area contributed by atoms with Gasteiger partial charge in [0.25, 0.3) is 0 Å². The van der Waals surface area contributed by atoms with E-state index < -0.39 is 0 Å². The Morgan fingerprint density at radius 1 is 1.05 bits per heavy atom. The van der Waals surface area contributed by atoms with Crippen molar-refractivity contribution >= 4 is 33.6 Å². The maximum atomic E-state index is 5.54. The Balaban J connectivity index is 1.83. The summed E-state index contributed by atoms with van der Waals surface area (Å²) >= 11 is 0. The van der Waals surface area contributed by atoms with Crippen molar-refractivity contribution in [2.24, 2.45) is 7.05 Å². The monoisotopic (exact) mass is 263 g/mol. The fraction of sp³-hybridized carbons (Fsp3) is 0.0625. The van der Waals surface area contributed by atoms with Gasteiger partial charge in [-0.25, -0.2) is 4.98 Å². The van der Waals surface area contributed by atoms with E-state index in [4.69, 9.17) is 4.42 Å². The molecule has 0 atom stereocenters. The average molecular weight is 263 g/mol. The van der Waals surface area contributed by atoms with Crippen LogP contribution in [-0.4, -0.2) is 9.55 Å². The largest absolute Gasteiger partial charge is 0.462 e. The van der Waals surface area contributed by atoms with Crippen molar-refractivity contribution in [3.63, 3.8) is 0 Å². The van der Waals surface area contributed by atoms with Crippen molar-refractivity contribution in [1.82, 2.24) is 9.55 Å². The van der Waals surface area contributed by atoms with Gasteiger partial charge in [-0.3, -0.25) is 0 Å². The summed E-state index contributed by atoms with van der Waals surface area (Å²) in [6.45, 7) is 0. The maximum absolute atomic E-state index is 5.54. The molecule has 0 aliphatic carbocycles. The van der Waals surface area contributed by atoms with Crippen molar-refractivity contribution in [2.45, 2.75) is 0 Å². The molecule has 4 nitrogen and oxygen atoms in total. The van der Waals surface area contributed by atoms with E-state index in [1.807, 2.05) is 54.1 Å². The molecule has 0 aliphatic rings. The van der Waals surface area contributed by atoms with E-state index in [0.717, 1.165) is 33.6 Å². The topological polar surface area (TPSA) is 43.0 Å². The zero-order valence-electron chi connectivity index (χ0n) is 11.0. The first kappa shape index (κ1) is 11.1. The van der Waals surface area contributed by atoms with Gasteiger partial charge in [-0.15, -0.1) is 0 Å². The molecular weight excluding hydrogens is 250 g/mol. The molecule has 1 N–H and O–H groups in total. The Labute approximate surface area is 115 Å². The summed E-state index contributed by atoms with van der Waals surface area (Å²) in [5, 5.41) is 4.40. The number of fused-ring (bicyclic) bond motifs is 2. The molecule has 2 aromatic carbocycles. The lowest BCUT2D eigenvalue weighted by Crippen LogP contribution is -1.98. The molecule has 0 aliphatic heterocycles. The zero-order valence-corrected chi connectivity index (χ0v) is 11.0. The van der Waals surface area contributed by atoms with Crippen molar-refractivity contribution in [3.8, 4) is 0 Å². The van der Waals surface area contributed by atoms with E-state index in [9.17, 15) is 0 Å². The standard InChI is InChI=1S/C16H13N3O/c1-19-14-8-4-3-7-12(14)17-16(19)18-13-10-20-15-9-5-2-6-11(13)15/h2-10H,1H3,(H,17,18). The summed E-state index contributed by atoms with van der Waals surface area (Å²) in [5.74, 6) is 0.803. The fourth-order valence-corrected chi connectivity index (χ4v) is 2.45. The lowest BCUT2D eigenvalue weighted by molar-refractivity contribution is 0.617. The summed E-state index contributed by atoms with van der Waals surface area (Å²) in [5.41, 5.74) is 3.88. The van der Waals surface area contributed by atoms with Gasteiger partial charge < -0.3 is 14.3 Å². The lowest BCUT2D eigenvalue weighted by atomic mass is 10.2. The number of nitrogens with one attached hydrogen (secondary N) is 1. The molecule has 4 rings (SSSR count). The Kier molecular flexibility index (Phi) is 2.29. The van der Waals surface area contributed by atoms with Gasteiger partial charge in [0.1, 0.15) is 11.8 Å². The summed E-state index contributed by atoms with van der Waals surface area (Å²) in [6.07, 6.45) is 1.73. The number of rotatable bonds is 2. The molecule has 2 aromatic heterocycles. The van der Waals surface area contributed by atoms with Gasteiger partial charge in [-0.1, -0.05) is 24.3 Å². The molecule has 4 heteroatoms. The minimum absolute atomic E-state index is 0.803. The van der Waals surface area contributed by atoms with Gasteiger partial charge in [0.15, 0.2) is 0 Å². The van der Waals surface area contributed by atoms with Gasteiger partial charge >= 0.3 is 0 Å². The normalized spacial score (nSPS) is 11.2. The van der Waals surface area contributed by atoms with Crippen LogP contribution in [0, 0.1) is 0 Å². The van der Waals surface area contributed by atoms with Crippen LogP contribution in [0.1, 0.15) is 0 Å². The van der Waals surface area contributed by atoms with Crippen LogP contribution in [-0.2, 0) is 7.05 Å². The van der Waals surface area contributed by atoms with E-state index >= 15 is 0 Å². The summed E-state index contributed by atoms with van der Waals surface area (Å²) in [7, 11) is 2.00. The molecule has 0 radical (unpaired) electrons. The fourth-order valence-electron chi connectivity index (χ4n) is 2.45. The SMILES string of the molecule is Cn1c(Nc2coc3ccccc23)nc2ccccc21. The number of nitrogens with zero attached hydrogens (tertiary/aromatic N) is 2. The Hall–Kier alpha value is -2.75. The number of hydrogen-bond acceptors (Lipinski definition) is 3. The molecule has 0 saturated heterocycles. The summed E-state index contributed by atoms with van der Waals surface area (Å²) < 4.78 is 7.57. The highest BCUT2D eigenvalue weighted by Gasteiger charge is 2.10. The van der Waals surface area contributed by atoms with Crippen LogP contribution in [0.25, 0.3) is 22.0 Å². The zero-order chi connectivity index (χ0) is 13.5. The third kappa shape index (κ3) is 1.58. The van der Waals surface area contributed by atoms with Gasteiger partial charge in [0.05, 0.1) is 16.7 Å². The van der Waals surface area contributed by atoms with Crippen LogP contribution in [0.3, 0.4) is 0 Å². The Morgan fingerprint density at radius 3 is 2.75 bits per heavy atom. The van der Waals surface area contributed by atoms with Crippen LogP contribution in [0.15, 0.2) is 59.2 Å². The predicted octanol–water partition coefficient (Wildman–Crippen LogP) is 4.06. The first-order valence-corrected chi connectivity index (χ1v) is 6.47. The van der Waals surface area contributed by atoms with Gasteiger partial charge in [-0.05, 0) is 24.3 Å². The molecular formula is C16H13N3O. The highest BCUT2D eigenvalue weighted by atomic mass is 16.3. The first-order valence-electron chi connectivity index (χ1n) is 6.47. The van der Waals surface area contributed by atoms with Crippen molar-refractivity contribution in [1.29, 1.82) is 0 Å². The second-order valence-corrected chi connectivity index (χ2v) is 4.75. The summed E-state index contributed by atoms with van der Waals surface area (Å²) in [6, 6.07) is 16.0. The molecule has 20 heavy (non-hydrogen) atoms. The first-order chi connectivity index (χ1) is 9.83. The molecule has 0 saturated carbocycles. The third-order valence-corrected chi connectivity index (χ3v) is 3.51. The van der Waals surface area contributed by atoms with Crippen LogP contribution >= 0.6 is 0 Å². The quantitative estimate of drug-likeness (QED) is 0.593. The number of aryl methyl sites for hydroxylation is 1. The Bertz CT molecular complexity index is 904. The second kappa shape index (κ2) is 4.13. The number of imidazole rings is 1. The third-order valence-electron chi connectivity index (χ3n) is 3.51. The lowest BCUT2D eigenvalue weighted by Gasteiger charge is -2.03. The molecule has 0 spiro atoms. The van der Waals surface area contributed by atoms with Crippen molar-refractivity contribution < 1.29 is 4.42 Å². The van der Waals surface area contributed by atoms with E-state index in [-0.39, 0.29) is 0 Å². The minimum atomic E-state index is 0.803. The number of anilines is 2. The number of furan rings is 1. The number of para-hydroxylation sites is 3. The highest BCUT2D eigenvalue weighted by Crippen LogP contribution is 2.29. The van der Waals surface area contributed by atoms with Crippen molar-refractivity contribution in [2.75, 3.05) is 5.32 Å². The second-order valence-electron chi connectivity index (χ2n) is 4.75. The minimum Gasteiger partial charge on any atom is -0.462 e. The van der Waals surface area contributed by atoms with Crippen LogP contribution in [0.4, 0.5) is 11.6 Å².